The van der Waals surface area contributed by atoms with Crippen LogP contribution in [0.4, 0.5) is 5.69 Å². The van der Waals surface area contributed by atoms with Crippen LogP contribution in [-0.2, 0) is 9.59 Å². The number of carbonyl (C=O) groups is 2. The highest BCUT2D eigenvalue weighted by Crippen LogP contribution is 2.21. The van der Waals surface area contributed by atoms with Gasteiger partial charge in [0.05, 0.1) is 6.10 Å². The van der Waals surface area contributed by atoms with E-state index in [2.05, 4.69) is 5.32 Å². The second kappa shape index (κ2) is 6.61. The van der Waals surface area contributed by atoms with E-state index in [4.69, 9.17) is 4.74 Å². The first-order chi connectivity index (χ1) is 9.95. The lowest BCUT2D eigenvalue weighted by Gasteiger charge is -2.21. The molecule has 1 aromatic rings. The second-order valence-corrected chi connectivity index (χ2v) is 5.61. The first-order valence-electron chi connectivity index (χ1n) is 7.30. The predicted molar refractivity (Wildman–Crippen MR) is 81.4 cm³/mol. The zero-order valence-electron chi connectivity index (χ0n) is 12.8. The maximum Gasteiger partial charge on any atom is 0.240 e. The maximum atomic E-state index is 11.9. The Labute approximate surface area is 125 Å². The van der Waals surface area contributed by atoms with Crippen molar-refractivity contribution in [3.63, 3.8) is 0 Å². The van der Waals surface area contributed by atoms with Crippen molar-refractivity contribution in [3.05, 3.63) is 24.3 Å². The Balaban J connectivity index is 2.02. The Morgan fingerprint density at radius 2 is 1.90 bits per heavy atom. The van der Waals surface area contributed by atoms with Gasteiger partial charge in [-0.25, -0.2) is 0 Å². The van der Waals surface area contributed by atoms with E-state index in [1.54, 1.807) is 12.1 Å². The van der Waals surface area contributed by atoms with E-state index >= 15 is 0 Å². The smallest absolute Gasteiger partial charge is 0.240 e. The van der Waals surface area contributed by atoms with Gasteiger partial charge < -0.3 is 15.0 Å². The predicted octanol–water partition coefficient (Wildman–Crippen LogP) is 2.11. The Kier molecular flexibility index (Phi) is 4.83. The molecule has 0 radical (unpaired) electrons. The van der Waals surface area contributed by atoms with Gasteiger partial charge in [-0.3, -0.25) is 9.59 Å². The summed E-state index contributed by atoms with van der Waals surface area (Å²) in [6, 6.07) is 7.51. The zero-order chi connectivity index (χ0) is 15.4. The quantitative estimate of drug-likeness (QED) is 0.873. The van der Waals surface area contributed by atoms with Crippen LogP contribution in [0.5, 0.6) is 5.75 Å². The first kappa shape index (κ1) is 15.4. The lowest BCUT2D eigenvalue weighted by molar-refractivity contribution is -0.123. The molecule has 0 bridgehead atoms. The maximum absolute atomic E-state index is 11.9. The molecule has 0 aliphatic heterocycles. The van der Waals surface area contributed by atoms with Gasteiger partial charge in [-0.1, -0.05) is 0 Å². The number of nitrogens with one attached hydrogen (secondary N) is 1. The molecule has 1 saturated carbocycles. The van der Waals surface area contributed by atoms with Gasteiger partial charge in [-0.05, 0) is 51.0 Å². The molecule has 0 heterocycles. The van der Waals surface area contributed by atoms with Crippen LogP contribution in [0.1, 0.15) is 33.6 Å². The summed E-state index contributed by atoms with van der Waals surface area (Å²) in [4.78, 5) is 25.1. The molecule has 5 heteroatoms. The average molecular weight is 290 g/mol. The highest BCUT2D eigenvalue weighted by atomic mass is 16.5. The molecule has 0 saturated heterocycles. The van der Waals surface area contributed by atoms with E-state index in [1.807, 2.05) is 26.0 Å². The minimum absolute atomic E-state index is 0.0518. The summed E-state index contributed by atoms with van der Waals surface area (Å²) >= 11 is 0. The molecule has 21 heavy (non-hydrogen) atoms. The molecule has 1 aromatic carbocycles. The van der Waals surface area contributed by atoms with E-state index in [0.717, 1.165) is 18.6 Å². The van der Waals surface area contributed by atoms with Gasteiger partial charge in [-0.2, -0.15) is 0 Å². The molecule has 2 amide bonds. The van der Waals surface area contributed by atoms with Crippen LogP contribution < -0.4 is 15.0 Å². The molecule has 5 nitrogen and oxygen atoms in total. The van der Waals surface area contributed by atoms with Crippen molar-refractivity contribution in [2.75, 3.05) is 11.4 Å². The summed E-state index contributed by atoms with van der Waals surface area (Å²) in [6.45, 7) is 5.43. The first-order valence-corrected chi connectivity index (χ1v) is 7.30. The molecule has 114 valence electrons. The fraction of sp³-hybridized carbons (Fsp3) is 0.500. The number of ether oxygens (including phenoxy) is 1. The Morgan fingerprint density at radius 1 is 1.29 bits per heavy atom. The molecule has 0 aromatic heterocycles. The minimum Gasteiger partial charge on any atom is -0.491 e. The van der Waals surface area contributed by atoms with Gasteiger partial charge >= 0.3 is 0 Å². The van der Waals surface area contributed by atoms with E-state index in [1.165, 1.54) is 11.8 Å². The molecular formula is C16H22N2O3. The third-order valence-electron chi connectivity index (χ3n) is 3.14. The fourth-order valence-corrected chi connectivity index (χ4v) is 2.01. The molecular weight excluding hydrogens is 268 g/mol. The zero-order valence-corrected chi connectivity index (χ0v) is 12.8. The summed E-state index contributed by atoms with van der Waals surface area (Å²) in [6.07, 6.45) is 2.17. The number of nitrogens with zero attached hydrogens (tertiary/aromatic N) is 1. The fourth-order valence-electron chi connectivity index (χ4n) is 2.01. The molecule has 1 fully saturated rings. The van der Waals surface area contributed by atoms with Crippen LogP contribution >= 0.6 is 0 Å². The van der Waals surface area contributed by atoms with Crippen LogP contribution in [0, 0.1) is 0 Å². The molecule has 1 aliphatic rings. The Bertz CT molecular complexity index is 507. The molecule has 0 unspecified atom stereocenters. The van der Waals surface area contributed by atoms with Crippen LogP contribution in [0.15, 0.2) is 24.3 Å². The molecule has 2 rings (SSSR count). The molecule has 0 atom stereocenters. The van der Waals surface area contributed by atoms with E-state index in [0.29, 0.717) is 11.7 Å². The van der Waals surface area contributed by atoms with E-state index in [9.17, 15) is 9.59 Å². The Morgan fingerprint density at radius 3 is 2.38 bits per heavy atom. The number of anilines is 1. The summed E-state index contributed by atoms with van der Waals surface area (Å²) in [7, 11) is 0. The van der Waals surface area contributed by atoms with Crippen molar-refractivity contribution in [2.24, 2.45) is 0 Å². The number of benzene rings is 1. The van der Waals surface area contributed by atoms with Gasteiger partial charge in [0.15, 0.2) is 0 Å². The van der Waals surface area contributed by atoms with Gasteiger partial charge in [0.2, 0.25) is 11.8 Å². The van der Waals surface area contributed by atoms with Crippen molar-refractivity contribution < 1.29 is 14.3 Å². The molecule has 1 N–H and O–H groups in total. The normalized spacial score (nSPS) is 13.9. The van der Waals surface area contributed by atoms with Gasteiger partial charge in [-0.15, -0.1) is 0 Å². The number of hydrogen-bond donors (Lipinski definition) is 1. The monoisotopic (exact) mass is 290 g/mol. The summed E-state index contributed by atoms with van der Waals surface area (Å²) < 4.78 is 5.57. The topological polar surface area (TPSA) is 58.6 Å². The van der Waals surface area contributed by atoms with Crippen molar-refractivity contribution in [1.29, 1.82) is 0 Å². The van der Waals surface area contributed by atoms with Gasteiger partial charge in [0.1, 0.15) is 12.3 Å². The van der Waals surface area contributed by atoms with Crippen LogP contribution in [0.2, 0.25) is 0 Å². The van der Waals surface area contributed by atoms with E-state index in [-0.39, 0.29) is 24.5 Å². The number of amides is 2. The SMILES string of the molecule is CC(=O)N(CC(=O)NC1CC1)c1ccc(OC(C)C)cc1. The average Bonchev–Trinajstić information content (AvgIpc) is 3.20. The lowest BCUT2D eigenvalue weighted by atomic mass is 10.2. The second-order valence-electron chi connectivity index (χ2n) is 5.61. The van der Waals surface area contributed by atoms with Crippen molar-refractivity contribution >= 4 is 17.5 Å². The summed E-state index contributed by atoms with van der Waals surface area (Å²) in [5.74, 6) is 0.480. The molecule has 1 aliphatic carbocycles. The van der Waals surface area contributed by atoms with Gasteiger partial charge in [0.25, 0.3) is 0 Å². The minimum atomic E-state index is -0.154. The standard InChI is InChI=1S/C16H22N2O3/c1-11(2)21-15-8-6-14(7-9-15)18(12(3)19)10-16(20)17-13-4-5-13/h6-9,11,13H,4-5,10H2,1-3H3,(H,17,20). The molecule has 0 spiro atoms. The van der Waals surface area contributed by atoms with Crippen LogP contribution in [0.3, 0.4) is 0 Å². The van der Waals surface area contributed by atoms with Crippen molar-refractivity contribution in [1.82, 2.24) is 5.32 Å². The number of rotatable bonds is 6. The number of hydrogen-bond acceptors (Lipinski definition) is 3. The third-order valence-corrected chi connectivity index (χ3v) is 3.14. The van der Waals surface area contributed by atoms with Crippen molar-refractivity contribution in [2.45, 2.75) is 45.8 Å². The van der Waals surface area contributed by atoms with Crippen LogP contribution in [-0.4, -0.2) is 30.5 Å². The summed E-state index contributed by atoms with van der Waals surface area (Å²) in [5.41, 5.74) is 0.699. The van der Waals surface area contributed by atoms with Gasteiger partial charge in [0, 0.05) is 18.7 Å². The Hall–Kier alpha value is -2.04. The summed E-state index contributed by atoms with van der Waals surface area (Å²) in [5, 5.41) is 2.89. The lowest BCUT2D eigenvalue weighted by Crippen LogP contribution is -2.40. The third kappa shape index (κ3) is 4.77. The highest BCUT2D eigenvalue weighted by Gasteiger charge is 2.25. The van der Waals surface area contributed by atoms with E-state index < -0.39 is 0 Å². The number of carbonyl (C=O) groups excluding carboxylic acids is 2. The van der Waals surface area contributed by atoms with Crippen LogP contribution in [0.25, 0.3) is 0 Å². The highest BCUT2D eigenvalue weighted by molar-refractivity contribution is 5.97. The van der Waals surface area contributed by atoms with Crippen molar-refractivity contribution in [3.8, 4) is 5.75 Å². The largest absolute Gasteiger partial charge is 0.491 e.